The van der Waals surface area contributed by atoms with Gasteiger partial charge >= 0.3 is 6.09 Å². The normalized spacial score (nSPS) is 14.2. The summed E-state index contributed by atoms with van der Waals surface area (Å²) in [6, 6.07) is 12.9. The summed E-state index contributed by atoms with van der Waals surface area (Å²) in [5.41, 5.74) is 1.94. The SMILES string of the molecule is COc1cc(OC)c(NC(=O)c2cnn(-c3ccccc3)c2C2CCN(C(=O)OC(C)(C)C)CC2)cc1Cl. The highest BCUT2D eigenvalue weighted by atomic mass is 35.5. The Morgan fingerprint density at radius 3 is 2.29 bits per heavy atom. The van der Waals surface area contributed by atoms with Crippen LogP contribution >= 0.6 is 11.6 Å². The molecule has 10 heteroatoms. The van der Waals surface area contributed by atoms with E-state index in [-0.39, 0.29) is 17.9 Å². The molecule has 38 heavy (non-hydrogen) atoms. The van der Waals surface area contributed by atoms with Gasteiger partial charge in [0.1, 0.15) is 17.1 Å². The van der Waals surface area contributed by atoms with Gasteiger partial charge in [0.2, 0.25) is 0 Å². The molecular formula is C28H33ClN4O5. The van der Waals surface area contributed by atoms with Crippen LogP contribution in [0.2, 0.25) is 5.02 Å². The van der Waals surface area contributed by atoms with E-state index in [0.717, 1.165) is 11.4 Å². The number of methoxy groups -OCH3 is 2. The molecule has 1 aromatic heterocycles. The van der Waals surface area contributed by atoms with E-state index >= 15 is 0 Å². The minimum atomic E-state index is -0.559. The number of piperidine rings is 1. The fraction of sp³-hybridized carbons (Fsp3) is 0.393. The summed E-state index contributed by atoms with van der Waals surface area (Å²) in [5.74, 6) is 0.521. The molecule has 2 aromatic carbocycles. The number of halogens is 1. The van der Waals surface area contributed by atoms with Crippen molar-refractivity contribution in [1.29, 1.82) is 0 Å². The van der Waals surface area contributed by atoms with Gasteiger partial charge in [-0.1, -0.05) is 29.8 Å². The number of ether oxygens (including phenoxy) is 3. The number of hydrogen-bond donors (Lipinski definition) is 1. The number of rotatable bonds is 6. The fourth-order valence-corrected chi connectivity index (χ4v) is 4.75. The Balaban J connectivity index is 1.63. The highest BCUT2D eigenvalue weighted by Gasteiger charge is 2.32. The highest BCUT2D eigenvalue weighted by molar-refractivity contribution is 6.32. The molecule has 0 radical (unpaired) electrons. The zero-order valence-electron chi connectivity index (χ0n) is 22.3. The predicted molar refractivity (Wildman–Crippen MR) is 146 cm³/mol. The molecule has 4 rings (SSSR count). The number of amides is 2. The van der Waals surface area contributed by atoms with Crippen molar-refractivity contribution in [3.05, 3.63) is 64.9 Å². The largest absolute Gasteiger partial charge is 0.495 e. The first-order valence-corrected chi connectivity index (χ1v) is 12.8. The van der Waals surface area contributed by atoms with Crippen LogP contribution < -0.4 is 14.8 Å². The summed E-state index contributed by atoms with van der Waals surface area (Å²) in [6.07, 6.45) is 2.58. The van der Waals surface area contributed by atoms with E-state index in [4.69, 9.17) is 25.8 Å². The number of nitrogens with one attached hydrogen (secondary N) is 1. The Morgan fingerprint density at radius 1 is 1.03 bits per heavy atom. The number of likely N-dealkylation sites (tertiary alicyclic amines) is 1. The van der Waals surface area contributed by atoms with E-state index in [1.54, 1.807) is 27.9 Å². The third-order valence-corrected chi connectivity index (χ3v) is 6.60. The van der Waals surface area contributed by atoms with Crippen LogP contribution in [-0.2, 0) is 4.74 Å². The van der Waals surface area contributed by atoms with Gasteiger partial charge in [0.15, 0.2) is 0 Å². The number of anilines is 1. The Kier molecular flexibility index (Phi) is 8.16. The van der Waals surface area contributed by atoms with Crippen molar-refractivity contribution in [3.8, 4) is 17.2 Å². The zero-order chi connectivity index (χ0) is 27.4. The van der Waals surface area contributed by atoms with Crippen LogP contribution in [0.15, 0.2) is 48.7 Å². The minimum Gasteiger partial charge on any atom is -0.495 e. The molecule has 1 fully saturated rings. The van der Waals surface area contributed by atoms with E-state index in [1.165, 1.54) is 14.2 Å². The highest BCUT2D eigenvalue weighted by Crippen LogP contribution is 2.37. The molecule has 1 aliphatic rings. The van der Waals surface area contributed by atoms with Gasteiger partial charge in [0.25, 0.3) is 5.91 Å². The lowest BCUT2D eigenvalue weighted by Crippen LogP contribution is -2.41. The quantitative estimate of drug-likeness (QED) is 0.417. The van der Waals surface area contributed by atoms with Crippen LogP contribution in [0.3, 0.4) is 0 Å². The third-order valence-electron chi connectivity index (χ3n) is 6.31. The van der Waals surface area contributed by atoms with Crippen LogP contribution in [-0.4, -0.2) is 59.6 Å². The monoisotopic (exact) mass is 540 g/mol. The van der Waals surface area contributed by atoms with Crippen molar-refractivity contribution in [3.63, 3.8) is 0 Å². The average Bonchev–Trinajstić information content (AvgIpc) is 3.34. The van der Waals surface area contributed by atoms with Gasteiger partial charge in [-0.05, 0) is 51.8 Å². The Labute approximate surface area is 227 Å². The maximum atomic E-state index is 13.6. The van der Waals surface area contributed by atoms with Crippen molar-refractivity contribution >= 4 is 29.3 Å². The maximum Gasteiger partial charge on any atom is 0.410 e. The zero-order valence-corrected chi connectivity index (χ0v) is 23.0. The van der Waals surface area contributed by atoms with Gasteiger partial charge in [0.05, 0.1) is 48.1 Å². The number of para-hydroxylation sites is 1. The molecule has 1 aliphatic heterocycles. The van der Waals surface area contributed by atoms with Crippen molar-refractivity contribution in [2.24, 2.45) is 0 Å². The number of aromatic nitrogens is 2. The Bertz CT molecular complexity index is 1290. The molecule has 1 N–H and O–H groups in total. The van der Waals surface area contributed by atoms with E-state index in [1.807, 2.05) is 51.1 Å². The number of carbonyl (C=O) groups is 2. The lowest BCUT2D eigenvalue weighted by molar-refractivity contribution is 0.0203. The molecule has 1 saturated heterocycles. The maximum absolute atomic E-state index is 13.6. The van der Waals surface area contributed by atoms with Gasteiger partial charge in [-0.15, -0.1) is 0 Å². The van der Waals surface area contributed by atoms with Gasteiger partial charge in [-0.2, -0.15) is 5.10 Å². The predicted octanol–water partition coefficient (Wildman–Crippen LogP) is 5.91. The smallest absolute Gasteiger partial charge is 0.410 e. The van der Waals surface area contributed by atoms with Crippen LogP contribution in [0.5, 0.6) is 11.5 Å². The van der Waals surface area contributed by atoms with Gasteiger partial charge < -0.3 is 24.4 Å². The second-order valence-electron chi connectivity index (χ2n) is 10.1. The summed E-state index contributed by atoms with van der Waals surface area (Å²) in [5, 5.41) is 7.86. The summed E-state index contributed by atoms with van der Waals surface area (Å²) >= 11 is 6.31. The number of hydrogen-bond acceptors (Lipinski definition) is 6. The molecule has 0 atom stereocenters. The van der Waals surface area contributed by atoms with Gasteiger partial charge in [-0.25, -0.2) is 9.48 Å². The molecule has 2 amide bonds. The lowest BCUT2D eigenvalue weighted by atomic mass is 9.90. The standard InChI is InChI=1S/C28H33ClN4O5/c1-28(2,3)38-27(35)32-13-11-18(12-14-32)25-20(17-30-33(25)19-9-7-6-8-10-19)26(34)31-22-15-21(29)23(36-4)16-24(22)37-5/h6-10,15-18H,11-14H2,1-5H3,(H,31,34). The topological polar surface area (TPSA) is 94.9 Å². The second-order valence-corrected chi connectivity index (χ2v) is 10.5. The van der Waals surface area contributed by atoms with E-state index in [0.29, 0.717) is 53.7 Å². The molecular weight excluding hydrogens is 508 g/mol. The van der Waals surface area contributed by atoms with Crippen molar-refractivity contribution in [2.75, 3.05) is 32.6 Å². The molecule has 3 aromatic rings. The van der Waals surface area contributed by atoms with Crippen molar-refractivity contribution in [1.82, 2.24) is 14.7 Å². The summed E-state index contributed by atoms with van der Waals surface area (Å²) < 4.78 is 18.1. The molecule has 0 spiro atoms. The minimum absolute atomic E-state index is 0.00139. The number of benzene rings is 2. The molecule has 0 unspecified atom stereocenters. The van der Waals surface area contributed by atoms with E-state index in [2.05, 4.69) is 10.4 Å². The van der Waals surface area contributed by atoms with Crippen LogP contribution in [0, 0.1) is 0 Å². The Hall–Kier alpha value is -3.72. The second kappa shape index (κ2) is 11.3. The number of nitrogens with zero attached hydrogens (tertiary/aromatic N) is 3. The third kappa shape index (κ3) is 6.05. The van der Waals surface area contributed by atoms with Crippen LogP contribution in [0.1, 0.15) is 55.6 Å². The first-order chi connectivity index (χ1) is 18.1. The van der Waals surface area contributed by atoms with Crippen molar-refractivity contribution < 1.29 is 23.8 Å². The molecule has 9 nitrogen and oxygen atoms in total. The molecule has 0 bridgehead atoms. The van der Waals surface area contributed by atoms with E-state index < -0.39 is 5.60 Å². The fourth-order valence-electron chi connectivity index (χ4n) is 4.51. The lowest BCUT2D eigenvalue weighted by Gasteiger charge is -2.34. The van der Waals surface area contributed by atoms with Crippen molar-refractivity contribution in [2.45, 2.75) is 45.1 Å². The number of carbonyl (C=O) groups excluding carboxylic acids is 2. The summed E-state index contributed by atoms with van der Waals surface area (Å²) in [4.78, 5) is 27.9. The Morgan fingerprint density at radius 2 is 1.68 bits per heavy atom. The molecule has 2 heterocycles. The molecule has 202 valence electrons. The molecule has 0 saturated carbocycles. The van der Waals surface area contributed by atoms with Crippen LogP contribution in [0.25, 0.3) is 5.69 Å². The molecule has 0 aliphatic carbocycles. The van der Waals surface area contributed by atoms with Gasteiger partial charge in [0, 0.05) is 25.1 Å². The van der Waals surface area contributed by atoms with Gasteiger partial charge in [-0.3, -0.25) is 4.79 Å². The summed E-state index contributed by atoms with van der Waals surface area (Å²) in [7, 11) is 3.02. The van der Waals surface area contributed by atoms with E-state index in [9.17, 15) is 9.59 Å². The van der Waals surface area contributed by atoms with Crippen LogP contribution in [0.4, 0.5) is 10.5 Å². The summed E-state index contributed by atoms with van der Waals surface area (Å²) in [6.45, 7) is 6.59. The first kappa shape index (κ1) is 27.3. The average molecular weight is 541 g/mol. The first-order valence-electron chi connectivity index (χ1n) is 12.5.